The summed E-state index contributed by atoms with van der Waals surface area (Å²) in [5, 5.41) is 4.12. The number of hydrogen-bond acceptors (Lipinski definition) is 5. The summed E-state index contributed by atoms with van der Waals surface area (Å²) in [7, 11) is 0. The number of pyridine rings is 1. The summed E-state index contributed by atoms with van der Waals surface area (Å²) in [5.41, 5.74) is 6.98. The molecule has 6 heteroatoms. The average Bonchev–Trinajstić information content (AvgIpc) is 3.28. The number of rotatable bonds is 6. The molecule has 0 atom stereocenters. The Morgan fingerprint density at radius 2 is 2.00 bits per heavy atom. The Balaban J connectivity index is 1.51. The lowest BCUT2D eigenvalue weighted by molar-refractivity contribution is 0.356. The zero-order valence-corrected chi connectivity index (χ0v) is 18.3. The molecule has 4 aromatic rings. The first kappa shape index (κ1) is 20.4. The molecule has 0 aliphatic carbocycles. The molecule has 0 spiro atoms. The lowest BCUT2D eigenvalue weighted by Crippen LogP contribution is -2.07. The van der Waals surface area contributed by atoms with Crippen molar-refractivity contribution >= 4 is 16.7 Å². The summed E-state index contributed by atoms with van der Waals surface area (Å²) in [6.07, 6.45) is 8.06. The predicted molar refractivity (Wildman–Crippen MR) is 124 cm³/mol. The van der Waals surface area contributed by atoms with Gasteiger partial charge in [0.15, 0.2) is 0 Å². The van der Waals surface area contributed by atoms with E-state index in [0.29, 0.717) is 31.0 Å². The van der Waals surface area contributed by atoms with E-state index < -0.39 is 0 Å². The quantitative estimate of drug-likeness (QED) is 0.431. The topological polar surface area (TPSA) is 59.9 Å². The van der Waals surface area contributed by atoms with Crippen LogP contribution < -0.4 is 10.1 Å². The summed E-state index contributed by atoms with van der Waals surface area (Å²) >= 11 is 0. The fourth-order valence-corrected chi connectivity index (χ4v) is 4.47. The lowest BCUT2D eigenvalue weighted by Gasteiger charge is -2.14. The Labute approximate surface area is 186 Å². The molecule has 0 radical (unpaired) electrons. The first-order valence-corrected chi connectivity index (χ1v) is 11.0. The first-order chi connectivity index (χ1) is 15.7. The van der Waals surface area contributed by atoms with E-state index in [4.69, 9.17) is 4.74 Å². The Morgan fingerprint density at radius 3 is 2.84 bits per heavy atom. The number of hydrogen-bond donors (Lipinski definition) is 1. The second-order valence-electron chi connectivity index (χ2n) is 8.16. The monoisotopic (exact) mass is 428 g/mol. The van der Waals surface area contributed by atoms with Crippen LogP contribution in [-0.2, 0) is 19.4 Å². The van der Waals surface area contributed by atoms with Gasteiger partial charge in [0, 0.05) is 42.0 Å². The third-order valence-corrected chi connectivity index (χ3v) is 6.04. The van der Waals surface area contributed by atoms with Crippen LogP contribution in [0.25, 0.3) is 22.0 Å². The van der Waals surface area contributed by atoms with Gasteiger partial charge in [0.1, 0.15) is 23.7 Å². The maximum atomic E-state index is 14.5. The van der Waals surface area contributed by atoms with Crippen LogP contribution in [0.3, 0.4) is 0 Å². The van der Waals surface area contributed by atoms with Gasteiger partial charge in [0.2, 0.25) is 0 Å². The Hall–Kier alpha value is -3.54. The molecular weight excluding hydrogens is 403 g/mol. The molecule has 2 aromatic heterocycles. The molecule has 5 rings (SSSR count). The minimum Gasteiger partial charge on any atom is -0.493 e. The molecule has 1 aliphatic rings. The fraction of sp³-hybridized carbons (Fsp3) is 0.269. The number of fused-ring (bicyclic) bond motifs is 2. The smallest absolute Gasteiger partial charge is 0.137 e. The van der Waals surface area contributed by atoms with Gasteiger partial charge in [-0.05, 0) is 42.2 Å². The Morgan fingerprint density at radius 1 is 1.09 bits per heavy atom. The van der Waals surface area contributed by atoms with Crippen molar-refractivity contribution in [2.24, 2.45) is 0 Å². The minimum absolute atomic E-state index is 0.235. The highest BCUT2D eigenvalue weighted by Crippen LogP contribution is 2.34. The molecule has 2 aromatic carbocycles. The number of benzene rings is 2. The second kappa shape index (κ2) is 8.54. The van der Waals surface area contributed by atoms with E-state index >= 15 is 0 Å². The highest BCUT2D eigenvalue weighted by molar-refractivity contribution is 5.99. The van der Waals surface area contributed by atoms with Gasteiger partial charge < -0.3 is 10.1 Å². The highest BCUT2D eigenvalue weighted by atomic mass is 19.1. The van der Waals surface area contributed by atoms with Crippen molar-refractivity contribution < 1.29 is 9.13 Å². The number of anilines is 1. The van der Waals surface area contributed by atoms with Gasteiger partial charge in [-0.15, -0.1) is 0 Å². The van der Waals surface area contributed by atoms with Crippen molar-refractivity contribution in [1.29, 1.82) is 0 Å². The van der Waals surface area contributed by atoms with Gasteiger partial charge in [0.25, 0.3) is 0 Å². The van der Waals surface area contributed by atoms with Crippen molar-refractivity contribution in [1.82, 2.24) is 15.0 Å². The molecule has 0 amide bonds. The van der Waals surface area contributed by atoms with Crippen molar-refractivity contribution in [3.05, 3.63) is 77.1 Å². The van der Waals surface area contributed by atoms with Crippen molar-refractivity contribution in [2.45, 2.75) is 39.7 Å². The highest BCUT2D eigenvalue weighted by Gasteiger charge is 2.20. The van der Waals surface area contributed by atoms with Crippen LogP contribution in [0.1, 0.15) is 35.6 Å². The average molecular weight is 429 g/mol. The first-order valence-electron chi connectivity index (χ1n) is 11.0. The third kappa shape index (κ3) is 3.66. The molecule has 0 fully saturated rings. The fourth-order valence-electron chi connectivity index (χ4n) is 4.47. The van der Waals surface area contributed by atoms with E-state index in [1.54, 1.807) is 18.6 Å². The minimum atomic E-state index is -0.235. The number of nitrogens with one attached hydrogen (secondary N) is 1. The van der Waals surface area contributed by atoms with E-state index in [1.165, 1.54) is 17.2 Å². The van der Waals surface area contributed by atoms with Crippen LogP contribution in [0.5, 0.6) is 5.75 Å². The Kier molecular flexibility index (Phi) is 5.43. The summed E-state index contributed by atoms with van der Waals surface area (Å²) in [6.45, 7) is 5.21. The van der Waals surface area contributed by atoms with Crippen molar-refractivity contribution in [3.63, 3.8) is 0 Å². The van der Waals surface area contributed by atoms with Gasteiger partial charge in [-0.3, -0.25) is 0 Å². The van der Waals surface area contributed by atoms with E-state index in [-0.39, 0.29) is 5.82 Å². The predicted octanol–water partition coefficient (Wildman–Crippen LogP) is 5.64. The van der Waals surface area contributed by atoms with Gasteiger partial charge in [-0.25, -0.2) is 19.3 Å². The van der Waals surface area contributed by atoms with Crippen LogP contribution in [0, 0.1) is 12.7 Å². The van der Waals surface area contributed by atoms with Crippen LogP contribution >= 0.6 is 0 Å². The Bertz CT molecular complexity index is 1300. The number of halogens is 1. The maximum absolute atomic E-state index is 14.5. The van der Waals surface area contributed by atoms with Gasteiger partial charge in [-0.2, -0.15) is 0 Å². The third-order valence-electron chi connectivity index (χ3n) is 6.04. The number of aryl methyl sites for hydroxylation is 2. The molecule has 32 heavy (non-hydrogen) atoms. The molecule has 5 nitrogen and oxygen atoms in total. The van der Waals surface area contributed by atoms with Crippen LogP contribution in [0.4, 0.5) is 10.2 Å². The van der Waals surface area contributed by atoms with Crippen molar-refractivity contribution in [3.8, 4) is 16.9 Å². The molecule has 0 unspecified atom stereocenters. The number of nitrogens with zero attached hydrogens (tertiary/aromatic N) is 3. The normalized spacial score (nSPS) is 12.6. The SMILES string of the molecule is CCCc1ccc(-c2cnc(NCc3c(F)ccc4c3CCO4)c3cncnc23)c(C)c1. The summed E-state index contributed by atoms with van der Waals surface area (Å²) in [6, 6.07) is 9.72. The van der Waals surface area contributed by atoms with Crippen molar-refractivity contribution in [2.75, 3.05) is 11.9 Å². The van der Waals surface area contributed by atoms with Gasteiger partial charge in [0.05, 0.1) is 17.5 Å². The largest absolute Gasteiger partial charge is 0.493 e. The van der Waals surface area contributed by atoms with Crippen LogP contribution in [-0.4, -0.2) is 21.6 Å². The van der Waals surface area contributed by atoms with Gasteiger partial charge in [-0.1, -0.05) is 31.5 Å². The summed E-state index contributed by atoms with van der Waals surface area (Å²) in [5.74, 6) is 1.17. The molecule has 1 N–H and O–H groups in total. The standard InChI is InChI=1S/C26H25FN4O/c1-3-4-17-5-6-18(16(2)11-17)21-14-30-26(22-12-28-15-31-25(21)22)29-13-20-19-9-10-32-24(19)8-7-23(20)27/h5-8,11-12,14-15H,3-4,9-10,13H2,1-2H3,(H,29,30). The molecule has 0 bridgehead atoms. The second-order valence-corrected chi connectivity index (χ2v) is 8.16. The maximum Gasteiger partial charge on any atom is 0.137 e. The molecular formula is C26H25FN4O. The summed E-state index contributed by atoms with van der Waals surface area (Å²) < 4.78 is 20.1. The van der Waals surface area contributed by atoms with Crippen LogP contribution in [0.15, 0.2) is 49.1 Å². The van der Waals surface area contributed by atoms with E-state index in [2.05, 4.69) is 52.3 Å². The van der Waals surface area contributed by atoms with Crippen LogP contribution in [0.2, 0.25) is 0 Å². The van der Waals surface area contributed by atoms with Gasteiger partial charge >= 0.3 is 0 Å². The molecule has 1 aliphatic heterocycles. The molecule has 162 valence electrons. The van der Waals surface area contributed by atoms with E-state index in [1.807, 2.05) is 6.20 Å². The molecule has 0 saturated heterocycles. The van der Waals surface area contributed by atoms with E-state index in [0.717, 1.165) is 46.2 Å². The zero-order valence-electron chi connectivity index (χ0n) is 18.3. The number of aromatic nitrogens is 3. The lowest BCUT2D eigenvalue weighted by atomic mass is 9.96. The molecule has 0 saturated carbocycles. The number of ether oxygens (including phenoxy) is 1. The molecule has 3 heterocycles. The zero-order chi connectivity index (χ0) is 22.1. The summed E-state index contributed by atoms with van der Waals surface area (Å²) in [4.78, 5) is 13.5. The van der Waals surface area contributed by atoms with E-state index in [9.17, 15) is 4.39 Å².